The third kappa shape index (κ3) is 2.53. The van der Waals surface area contributed by atoms with E-state index in [0.717, 1.165) is 17.8 Å². The number of benzene rings is 1. The summed E-state index contributed by atoms with van der Waals surface area (Å²) < 4.78 is 39.7. The zero-order chi connectivity index (χ0) is 11.4. The molecule has 0 saturated carbocycles. The maximum Gasteiger partial charge on any atom is 0.175 e. The first-order valence-electron chi connectivity index (χ1n) is 4.25. The fourth-order valence-electron chi connectivity index (χ4n) is 1.21. The number of hydrogen-bond acceptors (Lipinski definition) is 2. The van der Waals surface area contributed by atoms with E-state index in [4.69, 9.17) is 0 Å². The van der Waals surface area contributed by atoms with Crippen LogP contribution in [0, 0.1) is 17.5 Å². The van der Waals surface area contributed by atoms with Crippen molar-refractivity contribution in [3.63, 3.8) is 0 Å². The molecule has 0 fully saturated rings. The number of rotatable bonds is 4. The van der Waals surface area contributed by atoms with Gasteiger partial charge in [-0.1, -0.05) is 0 Å². The molecule has 15 heavy (non-hydrogen) atoms. The van der Waals surface area contributed by atoms with Gasteiger partial charge in [0.15, 0.2) is 11.6 Å². The fourth-order valence-corrected chi connectivity index (χ4v) is 1.73. The summed E-state index contributed by atoms with van der Waals surface area (Å²) in [7, 11) is 0. The molecule has 0 heterocycles. The van der Waals surface area contributed by atoms with Crippen molar-refractivity contribution < 1.29 is 18.0 Å². The van der Waals surface area contributed by atoms with E-state index in [1.54, 1.807) is 0 Å². The monoisotopic (exact) mass is 234 g/mol. The van der Waals surface area contributed by atoms with E-state index in [2.05, 4.69) is 0 Å². The Morgan fingerprint density at radius 1 is 1.33 bits per heavy atom. The van der Waals surface area contributed by atoms with Crippen LogP contribution in [0.5, 0.6) is 0 Å². The summed E-state index contributed by atoms with van der Waals surface area (Å²) in [5.74, 6) is -3.03. The van der Waals surface area contributed by atoms with E-state index < -0.39 is 17.5 Å². The predicted molar refractivity (Wildman–Crippen MR) is 52.5 cm³/mol. The minimum absolute atomic E-state index is 0.0117. The van der Waals surface area contributed by atoms with Gasteiger partial charge in [0.25, 0.3) is 0 Å². The molecule has 0 unspecified atom stereocenters. The lowest BCUT2D eigenvalue weighted by molar-refractivity contribution is -0.107. The van der Waals surface area contributed by atoms with Gasteiger partial charge in [0.05, 0.1) is 4.90 Å². The van der Waals surface area contributed by atoms with Gasteiger partial charge in [-0.15, -0.1) is 11.8 Å². The van der Waals surface area contributed by atoms with E-state index in [1.807, 2.05) is 0 Å². The number of carbonyl (C=O) groups is 1. The highest BCUT2D eigenvalue weighted by atomic mass is 32.2. The smallest absolute Gasteiger partial charge is 0.175 e. The molecule has 0 atom stereocenters. The average Bonchev–Trinajstić information content (AvgIpc) is 2.22. The van der Waals surface area contributed by atoms with Gasteiger partial charge in [0.1, 0.15) is 12.1 Å². The van der Waals surface area contributed by atoms with E-state index >= 15 is 0 Å². The van der Waals surface area contributed by atoms with Crippen molar-refractivity contribution in [3.05, 3.63) is 29.1 Å². The molecular weight excluding hydrogens is 225 g/mol. The quantitative estimate of drug-likeness (QED) is 0.452. The molecule has 0 aromatic heterocycles. The van der Waals surface area contributed by atoms with Gasteiger partial charge >= 0.3 is 0 Å². The second-order valence-corrected chi connectivity index (χ2v) is 3.70. The number of carbonyl (C=O) groups excluding carboxylic acids is 1. The Labute approximate surface area is 89.7 Å². The number of hydrogen-bond donors (Lipinski definition) is 0. The normalized spacial score (nSPS) is 10.4. The van der Waals surface area contributed by atoms with Gasteiger partial charge < -0.3 is 4.79 Å². The maximum absolute atomic E-state index is 13.3. The van der Waals surface area contributed by atoms with Crippen LogP contribution in [0.4, 0.5) is 13.2 Å². The lowest BCUT2D eigenvalue weighted by Crippen LogP contribution is -2.00. The molecule has 0 saturated heterocycles. The largest absolute Gasteiger partial charge is 0.303 e. The molecule has 1 aromatic carbocycles. The molecule has 0 aliphatic carbocycles. The number of aryl methyl sites for hydroxylation is 1. The Morgan fingerprint density at radius 3 is 2.53 bits per heavy atom. The lowest BCUT2D eigenvalue weighted by atomic mass is 10.1. The van der Waals surface area contributed by atoms with Crippen molar-refractivity contribution in [2.24, 2.45) is 0 Å². The van der Waals surface area contributed by atoms with E-state index in [1.165, 1.54) is 6.26 Å². The Kier molecular flexibility index (Phi) is 4.20. The molecule has 82 valence electrons. The van der Waals surface area contributed by atoms with Crippen molar-refractivity contribution in [1.29, 1.82) is 0 Å². The van der Waals surface area contributed by atoms with Gasteiger partial charge in [0, 0.05) is 6.42 Å². The van der Waals surface area contributed by atoms with Crippen molar-refractivity contribution in [2.45, 2.75) is 17.7 Å². The van der Waals surface area contributed by atoms with Crippen LogP contribution in [-0.2, 0) is 11.2 Å². The third-order valence-corrected chi connectivity index (χ3v) is 2.71. The molecule has 0 N–H and O–H groups in total. The van der Waals surface area contributed by atoms with Crippen LogP contribution in [0.1, 0.15) is 12.0 Å². The topological polar surface area (TPSA) is 17.1 Å². The number of halogens is 3. The van der Waals surface area contributed by atoms with E-state index in [0.29, 0.717) is 6.29 Å². The third-order valence-electron chi connectivity index (χ3n) is 1.93. The molecule has 1 aromatic rings. The van der Waals surface area contributed by atoms with Crippen LogP contribution >= 0.6 is 11.8 Å². The highest BCUT2D eigenvalue weighted by molar-refractivity contribution is 7.98. The average molecular weight is 234 g/mol. The van der Waals surface area contributed by atoms with Gasteiger partial charge in [0.2, 0.25) is 0 Å². The lowest BCUT2D eigenvalue weighted by Gasteiger charge is -2.06. The van der Waals surface area contributed by atoms with Gasteiger partial charge in [-0.05, 0) is 24.3 Å². The first-order chi connectivity index (χ1) is 7.11. The fraction of sp³-hybridized carbons (Fsp3) is 0.300. The summed E-state index contributed by atoms with van der Waals surface area (Å²) in [5.41, 5.74) is -0.102. The van der Waals surface area contributed by atoms with Crippen LogP contribution < -0.4 is 0 Å². The molecule has 1 nitrogen and oxygen atoms in total. The summed E-state index contributed by atoms with van der Waals surface area (Å²) in [6, 6.07) is 0.938. The number of aldehydes is 1. The molecule has 0 aliphatic rings. The molecule has 0 bridgehead atoms. The van der Waals surface area contributed by atoms with E-state index in [9.17, 15) is 18.0 Å². The molecule has 0 radical (unpaired) electrons. The zero-order valence-electron chi connectivity index (χ0n) is 8.02. The van der Waals surface area contributed by atoms with Gasteiger partial charge in [-0.3, -0.25) is 0 Å². The summed E-state index contributed by atoms with van der Waals surface area (Å²) in [6.45, 7) is 0. The maximum atomic E-state index is 13.3. The zero-order valence-corrected chi connectivity index (χ0v) is 8.84. The van der Waals surface area contributed by atoms with Crippen molar-refractivity contribution >= 4 is 18.0 Å². The minimum Gasteiger partial charge on any atom is -0.303 e. The second-order valence-electron chi connectivity index (χ2n) is 2.88. The SMILES string of the molecule is CSc1c(F)cc(CCC=O)c(F)c1F. The van der Waals surface area contributed by atoms with Gasteiger partial charge in [-0.25, -0.2) is 13.2 Å². The highest BCUT2D eigenvalue weighted by Gasteiger charge is 2.17. The molecule has 1 rings (SSSR count). The van der Waals surface area contributed by atoms with Crippen molar-refractivity contribution in [3.8, 4) is 0 Å². The summed E-state index contributed by atoms with van der Waals surface area (Å²) in [6.07, 6.45) is 2.11. The Bertz CT molecular complexity index is 379. The second kappa shape index (κ2) is 5.21. The van der Waals surface area contributed by atoms with Crippen LogP contribution in [0.25, 0.3) is 0 Å². The molecular formula is C10H9F3OS. The first kappa shape index (κ1) is 12.1. The molecule has 0 aliphatic heterocycles. The summed E-state index contributed by atoms with van der Waals surface area (Å²) >= 11 is 0.809. The predicted octanol–water partition coefficient (Wildman–Crippen LogP) is 2.96. The first-order valence-corrected chi connectivity index (χ1v) is 5.48. The van der Waals surface area contributed by atoms with E-state index in [-0.39, 0.29) is 23.3 Å². The van der Waals surface area contributed by atoms with Crippen molar-refractivity contribution in [2.75, 3.05) is 6.26 Å². The standard InChI is InChI=1S/C10H9F3OS/c1-15-10-7(11)5-6(3-2-4-14)8(12)9(10)13/h4-5H,2-3H2,1H3. The van der Waals surface area contributed by atoms with Gasteiger partial charge in [-0.2, -0.15) is 0 Å². The molecule has 0 amide bonds. The van der Waals surface area contributed by atoms with Crippen molar-refractivity contribution in [1.82, 2.24) is 0 Å². The van der Waals surface area contributed by atoms with Crippen LogP contribution in [0.15, 0.2) is 11.0 Å². The Balaban J connectivity index is 3.15. The summed E-state index contributed by atoms with van der Waals surface area (Å²) in [4.78, 5) is 9.74. The minimum atomic E-state index is -1.18. The number of thioether (sulfide) groups is 1. The van der Waals surface area contributed by atoms with Crippen LogP contribution in [-0.4, -0.2) is 12.5 Å². The molecule has 0 spiro atoms. The summed E-state index contributed by atoms with van der Waals surface area (Å²) in [5, 5.41) is 0. The Morgan fingerprint density at radius 2 is 2.00 bits per heavy atom. The van der Waals surface area contributed by atoms with Crippen LogP contribution in [0.3, 0.4) is 0 Å². The van der Waals surface area contributed by atoms with Crippen LogP contribution in [0.2, 0.25) is 0 Å². The highest BCUT2D eigenvalue weighted by Crippen LogP contribution is 2.27. The Hall–Kier alpha value is -0.970. The molecule has 5 heteroatoms.